The van der Waals surface area contributed by atoms with Gasteiger partial charge in [-0.3, -0.25) is 0 Å². The summed E-state index contributed by atoms with van der Waals surface area (Å²) in [5.74, 6) is 0.227. The summed E-state index contributed by atoms with van der Waals surface area (Å²) < 4.78 is 1.78. The highest BCUT2D eigenvalue weighted by molar-refractivity contribution is 5.07. The maximum absolute atomic E-state index is 8.63. The van der Waals surface area contributed by atoms with Gasteiger partial charge in [-0.1, -0.05) is 12.8 Å². The summed E-state index contributed by atoms with van der Waals surface area (Å²) in [5.41, 5.74) is 5.70. The van der Waals surface area contributed by atoms with Crippen molar-refractivity contribution in [2.75, 3.05) is 6.54 Å². The van der Waals surface area contributed by atoms with E-state index in [9.17, 15) is 0 Å². The van der Waals surface area contributed by atoms with Crippen LogP contribution >= 0.6 is 0 Å². The van der Waals surface area contributed by atoms with Crippen molar-refractivity contribution < 1.29 is 0 Å². The minimum Gasteiger partial charge on any atom is -0.328 e. The van der Waals surface area contributed by atoms with E-state index in [1.54, 1.807) is 11.0 Å². The Morgan fingerprint density at radius 2 is 2.29 bits per heavy atom. The molecule has 0 atom stereocenters. The van der Waals surface area contributed by atoms with Crippen molar-refractivity contribution in [3.8, 4) is 6.07 Å². The number of aromatic nitrogens is 3. The van der Waals surface area contributed by atoms with Crippen molar-refractivity contribution in [3.05, 3.63) is 12.2 Å². The second-order valence-electron chi connectivity index (χ2n) is 3.76. The number of hydrogen-bond acceptors (Lipinski definition) is 4. The minimum absolute atomic E-state index is 0.0812. The van der Waals surface area contributed by atoms with Gasteiger partial charge in [0.05, 0.1) is 5.54 Å². The molecule has 1 aliphatic carbocycles. The standard InChI is InChI=1S/C9H13N5/c10-5-8-12-7-14(13-8)9(6-11)3-1-2-4-9/h7H,1-4,6,11H2. The topological polar surface area (TPSA) is 80.5 Å². The summed E-state index contributed by atoms with van der Waals surface area (Å²) in [7, 11) is 0. The third-order valence-electron chi connectivity index (χ3n) is 2.99. The number of nitrogens with two attached hydrogens (primary N) is 1. The Balaban J connectivity index is 2.32. The fourth-order valence-corrected chi connectivity index (χ4v) is 2.10. The third-order valence-corrected chi connectivity index (χ3v) is 2.99. The molecule has 1 aliphatic rings. The molecule has 5 heteroatoms. The van der Waals surface area contributed by atoms with Gasteiger partial charge in [-0.05, 0) is 12.8 Å². The molecular formula is C9H13N5. The van der Waals surface area contributed by atoms with Gasteiger partial charge in [0.1, 0.15) is 12.4 Å². The molecule has 0 aromatic carbocycles. The van der Waals surface area contributed by atoms with Gasteiger partial charge in [0, 0.05) is 6.54 Å². The molecule has 1 aromatic rings. The number of hydrogen-bond donors (Lipinski definition) is 1. The Morgan fingerprint density at radius 1 is 1.57 bits per heavy atom. The Kier molecular flexibility index (Phi) is 2.22. The molecule has 0 saturated heterocycles. The van der Waals surface area contributed by atoms with Gasteiger partial charge in [0.25, 0.3) is 5.82 Å². The SMILES string of the molecule is N#Cc1ncn(C2(CN)CCCC2)n1. The van der Waals surface area contributed by atoms with E-state index >= 15 is 0 Å². The van der Waals surface area contributed by atoms with Crippen LogP contribution in [0.1, 0.15) is 31.5 Å². The van der Waals surface area contributed by atoms with Gasteiger partial charge in [0.2, 0.25) is 0 Å². The first-order chi connectivity index (χ1) is 6.80. The molecule has 0 spiro atoms. The van der Waals surface area contributed by atoms with Gasteiger partial charge in [-0.2, -0.15) is 5.26 Å². The number of rotatable bonds is 2. The van der Waals surface area contributed by atoms with Gasteiger partial charge in [0.15, 0.2) is 0 Å². The highest BCUT2D eigenvalue weighted by Crippen LogP contribution is 2.34. The van der Waals surface area contributed by atoms with E-state index in [-0.39, 0.29) is 11.4 Å². The average molecular weight is 191 g/mol. The lowest BCUT2D eigenvalue weighted by Gasteiger charge is -2.26. The zero-order chi connectivity index (χ0) is 10.0. The largest absolute Gasteiger partial charge is 0.328 e. The van der Waals surface area contributed by atoms with E-state index in [4.69, 9.17) is 11.0 Å². The van der Waals surface area contributed by atoms with Gasteiger partial charge in [-0.25, -0.2) is 9.67 Å². The van der Waals surface area contributed by atoms with Crippen LogP contribution in [0.4, 0.5) is 0 Å². The molecule has 2 N–H and O–H groups in total. The van der Waals surface area contributed by atoms with Crippen molar-refractivity contribution >= 4 is 0 Å². The Bertz CT molecular complexity index is 356. The van der Waals surface area contributed by atoms with Crippen molar-refractivity contribution in [1.29, 1.82) is 5.26 Å². The second-order valence-corrected chi connectivity index (χ2v) is 3.76. The molecule has 14 heavy (non-hydrogen) atoms. The molecule has 2 rings (SSSR count). The maximum Gasteiger partial charge on any atom is 0.252 e. The first-order valence-corrected chi connectivity index (χ1v) is 4.83. The van der Waals surface area contributed by atoms with Crippen molar-refractivity contribution in [3.63, 3.8) is 0 Å². The molecule has 0 radical (unpaired) electrons. The van der Waals surface area contributed by atoms with E-state index in [0.29, 0.717) is 6.54 Å². The summed E-state index contributed by atoms with van der Waals surface area (Å²) >= 11 is 0. The molecule has 1 heterocycles. The summed E-state index contributed by atoms with van der Waals surface area (Å²) in [4.78, 5) is 3.91. The lowest BCUT2D eigenvalue weighted by Crippen LogP contribution is -2.38. The smallest absolute Gasteiger partial charge is 0.252 e. The average Bonchev–Trinajstić information content (AvgIpc) is 2.87. The van der Waals surface area contributed by atoms with Crippen molar-refractivity contribution in [2.24, 2.45) is 5.73 Å². The number of nitrogens with zero attached hydrogens (tertiary/aromatic N) is 4. The monoisotopic (exact) mass is 191 g/mol. The van der Waals surface area contributed by atoms with Crippen molar-refractivity contribution in [2.45, 2.75) is 31.2 Å². The molecular weight excluding hydrogens is 178 g/mol. The maximum atomic E-state index is 8.63. The fourth-order valence-electron chi connectivity index (χ4n) is 2.10. The van der Waals surface area contributed by atoms with Crippen LogP contribution < -0.4 is 5.73 Å². The second kappa shape index (κ2) is 3.39. The Hall–Kier alpha value is -1.41. The van der Waals surface area contributed by atoms with Gasteiger partial charge < -0.3 is 5.73 Å². The highest BCUT2D eigenvalue weighted by Gasteiger charge is 2.35. The van der Waals surface area contributed by atoms with Crippen LogP contribution in [-0.2, 0) is 5.54 Å². The van der Waals surface area contributed by atoms with E-state index in [1.807, 2.05) is 6.07 Å². The summed E-state index contributed by atoms with van der Waals surface area (Å²) in [5, 5.41) is 12.7. The predicted octanol–water partition coefficient (Wildman–Crippen LogP) is 0.378. The zero-order valence-corrected chi connectivity index (χ0v) is 7.98. The van der Waals surface area contributed by atoms with E-state index in [1.165, 1.54) is 12.8 Å². The molecule has 1 fully saturated rings. The zero-order valence-electron chi connectivity index (χ0n) is 7.98. The van der Waals surface area contributed by atoms with Crippen LogP contribution in [-0.4, -0.2) is 21.3 Å². The van der Waals surface area contributed by atoms with E-state index in [2.05, 4.69) is 10.1 Å². The lowest BCUT2D eigenvalue weighted by molar-refractivity contribution is 0.272. The molecule has 1 saturated carbocycles. The van der Waals surface area contributed by atoms with Crippen LogP contribution in [0.15, 0.2) is 6.33 Å². The van der Waals surface area contributed by atoms with Crippen molar-refractivity contribution in [1.82, 2.24) is 14.8 Å². The Morgan fingerprint density at radius 3 is 2.79 bits per heavy atom. The molecule has 0 aliphatic heterocycles. The van der Waals surface area contributed by atoms with Crippen LogP contribution in [0, 0.1) is 11.3 Å². The molecule has 74 valence electrons. The van der Waals surface area contributed by atoms with Crippen LogP contribution in [0.3, 0.4) is 0 Å². The molecule has 5 nitrogen and oxygen atoms in total. The first kappa shape index (κ1) is 9.16. The van der Waals surface area contributed by atoms with E-state index < -0.39 is 0 Å². The van der Waals surface area contributed by atoms with E-state index in [0.717, 1.165) is 12.8 Å². The predicted molar refractivity (Wildman–Crippen MR) is 50.2 cm³/mol. The van der Waals surface area contributed by atoms with Crippen LogP contribution in [0.2, 0.25) is 0 Å². The molecule has 0 amide bonds. The van der Waals surface area contributed by atoms with Gasteiger partial charge >= 0.3 is 0 Å². The van der Waals surface area contributed by atoms with Crippen LogP contribution in [0.5, 0.6) is 0 Å². The third kappa shape index (κ3) is 1.28. The summed E-state index contributed by atoms with van der Waals surface area (Å²) in [6.07, 6.45) is 6.06. The normalized spacial score (nSPS) is 19.4. The molecule has 0 bridgehead atoms. The number of nitriles is 1. The quantitative estimate of drug-likeness (QED) is 0.732. The summed E-state index contributed by atoms with van der Waals surface area (Å²) in [6.45, 7) is 0.571. The first-order valence-electron chi connectivity index (χ1n) is 4.83. The lowest BCUT2D eigenvalue weighted by atomic mass is 9.98. The van der Waals surface area contributed by atoms with Gasteiger partial charge in [-0.15, -0.1) is 5.10 Å². The highest BCUT2D eigenvalue weighted by atomic mass is 15.4. The summed E-state index contributed by atoms with van der Waals surface area (Å²) in [6, 6.07) is 1.93. The minimum atomic E-state index is -0.0812. The van der Waals surface area contributed by atoms with Crippen LogP contribution in [0.25, 0.3) is 0 Å². The Labute approximate surface area is 82.5 Å². The fraction of sp³-hybridized carbons (Fsp3) is 0.667. The molecule has 0 unspecified atom stereocenters. The molecule has 1 aromatic heterocycles.